The van der Waals surface area contributed by atoms with Crippen molar-refractivity contribution in [2.24, 2.45) is 0 Å². The lowest BCUT2D eigenvalue weighted by Crippen LogP contribution is -2.31. The quantitative estimate of drug-likeness (QED) is 0.735. The monoisotopic (exact) mass is 439 g/mol. The van der Waals surface area contributed by atoms with Crippen LogP contribution in [0.2, 0.25) is 0 Å². The minimum atomic E-state index is -4.59. The lowest BCUT2D eigenvalue weighted by atomic mass is 9.96. The number of carbonyl (C=O) groups is 2. The Balaban J connectivity index is 2.17. The second kappa shape index (κ2) is 6.84. The summed E-state index contributed by atoms with van der Waals surface area (Å²) < 4.78 is 40.0. The normalized spacial score (nSPS) is 17.6. The van der Waals surface area contributed by atoms with Crippen LogP contribution in [0.25, 0.3) is 0 Å². The molecule has 1 unspecified atom stereocenters. The summed E-state index contributed by atoms with van der Waals surface area (Å²) in [6.45, 7) is 1.19. The number of carbonyl (C=O) groups excluding carboxylic acids is 2. The highest BCUT2D eigenvalue weighted by atomic mass is 79.9. The topological polar surface area (TPSA) is 57.6 Å². The van der Waals surface area contributed by atoms with Crippen molar-refractivity contribution in [1.29, 1.82) is 0 Å². The van der Waals surface area contributed by atoms with E-state index in [4.69, 9.17) is 0 Å². The van der Waals surface area contributed by atoms with Gasteiger partial charge in [0.1, 0.15) is 0 Å². The van der Waals surface area contributed by atoms with Crippen LogP contribution in [0.15, 0.2) is 64.3 Å². The molecule has 1 heterocycles. The first-order valence-electron chi connectivity index (χ1n) is 7.81. The van der Waals surface area contributed by atoms with Gasteiger partial charge in [-0.05, 0) is 42.8 Å². The lowest BCUT2D eigenvalue weighted by molar-refractivity contribution is -0.137. The molecule has 4 nitrogen and oxygen atoms in total. The van der Waals surface area contributed by atoms with Gasteiger partial charge in [0.2, 0.25) is 0 Å². The number of ketones is 1. The zero-order valence-corrected chi connectivity index (χ0v) is 15.5. The molecule has 1 aliphatic heterocycles. The lowest BCUT2D eigenvalue weighted by Gasteiger charge is -2.27. The molecule has 1 atom stereocenters. The van der Waals surface area contributed by atoms with E-state index in [9.17, 15) is 27.9 Å². The molecule has 1 N–H and O–H groups in total. The van der Waals surface area contributed by atoms with Crippen molar-refractivity contribution < 1.29 is 27.9 Å². The maximum atomic E-state index is 13.1. The van der Waals surface area contributed by atoms with E-state index in [1.165, 1.54) is 19.1 Å². The van der Waals surface area contributed by atoms with Gasteiger partial charge in [0.05, 0.1) is 17.2 Å². The first-order chi connectivity index (χ1) is 12.6. The van der Waals surface area contributed by atoms with Crippen LogP contribution in [-0.4, -0.2) is 16.8 Å². The van der Waals surface area contributed by atoms with Crippen LogP contribution in [0, 0.1) is 0 Å². The van der Waals surface area contributed by atoms with Gasteiger partial charge in [0.15, 0.2) is 11.5 Å². The summed E-state index contributed by atoms with van der Waals surface area (Å²) in [5, 5.41) is 10.2. The molecule has 0 saturated heterocycles. The Bertz CT molecular complexity index is 951. The zero-order chi connectivity index (χ0) is 19.9. The zero-order valence-electron chi connectivity index (χ0n) is 13.9. The number of nitrogens with zero attached hydrogens (tertiary/aromatic N) is 1. The fourth-order valence-electron chi connectivity index (χ4n) is 3.02. The second-order valence-corrected chi connectivity index (χ2v) is 6.91. The Labute approximate surface area is 161 Å². The van der Waals surface area contributed by atoms with Crippen molar-refractivity contribution in [1.82, 2.24) is 0 Å². The summed E-state index contributed by atoms with van der Waals surface area (Å²) in [4.78, 5) is 25.7. The Morgan fingerprint density at radius 1 is 1.15 bits per heavy atom. The minimum Gasteiger partial charge on any atom is -0.503 e. The van der Waals surface area contributed by atoms with Crippen LogP contribution in [0.3, 0.4) is 0 Å². The molecule has 0 aromatic heterocycles. The number of hydrogen-bond acceptors (Lipinski definition) is 3. The Kier molecular flexibility index (Phi) is 4.86. The number of amides is 1. The van der Waals surface area contributed by atoms with Crippen LogP contribution in [0.5, 0.6) is 0 Å². The standard InChI is InChI=1S/C19H13BrF3NO3/c1-10(25)15-16(11-5-7-13(20)8-6-11)24(18(27)17(15)26)14-4-2-3-12(9-14)19(21,22)23/h2-9,16,26H,1H3. The van der Waals surface area contributed by atoms with Crippen molar-refractivity contribution in [2.45, 2.75) is 19.1 Å². The van der Waals surface area contributed by atoms with Crippen molar-refractivity contribution in [3.63, 3.8) is 0 Å². The number of Topliss-reactive ketones (excluding diaryl/α,β-unsaturated/α-hetero) is 1. The largest absolute Gasteiger partial charge is 0.503 e. The number of rotatable bonds is 3. The molecule has 0 radical (unpaired) electrons. The van der Waals surface area contributed by atoms with Gasteiger partial charge in [-0.2, -0.15) is 13.2 Å². The van der Waals surface area contributed by atoms with Crippen molar-refractivity contribution in [3.8, 4) is 0 Å². The van der Waals surface area contributed by atoms with Gasteiger partial charge in [0, 0.05) is 10.2 Å². The number of anilines is 1. The van der Waals surface area contributed by atoms with Crippen molar-refractivity contribution in [3.05, 3.63) is 75.5 Å². The summed E-state index contributed by atoms with van der Waals surface area (Å²) in [7, 11) is 0. The molecule has 1 amide bonds. The molecule has 2 aromatic rings. The average Bonchev–Trinajstić information content (AvgIpc) is 2.86. The fraction of sp³-hybridized carbons (Fsp3) is 0.158. The third kappa shape index (κ3) is 3.49. The SMILES string of the molecule is CC(=O)C1=C(O)C(=O)N(c2cccc(C(F)(F)F)c2)C1c1ccc(Br)cc1. The third-order valence-electron chi connectivity index (χ3n) is 4.22. The molecule has 0 spiro atoms. The van der Waals surface area contributed by atoms with Gasteiger partial charge in [-0.25, -0.2) is 0 Å². The summed E-state index contributed by atoms with van der Waals surface area (Å²) in [5.74, 6) is -2.22. The van der Waals surface area contributed by atoms with Crippen LogP contribution in [0.1, 0.15) is 24.1 Å². The summed E-state index contributed by atoms with van der Waals surface area (Å²) in [6.07, 6.45) is -4.59. The molecule has 1 aliphatic rings. The van der Waals surface area contributed by atoms with Gasteiger partial charge >= 0.3 is 6.18 Å². The van der Waals surface area contributed by atoms with E-state index in [0.29, 0.717) is 5.56 Å². The highest BCUT2D eigenvalue weighted by molar-refractivity contribution is 9.10. The predicted octanol–water partition coefficient (Wildman–Crippen LogP) is 4.96. The van der Waals surface area contributed by atoms with Crippen LogP contribution in [0.4, 0.5) is 18.9 Å². The molecule has 2 aromatic carbocycles. The molecule has 0 saturated carbocycles. The van der Waals surface area contributed by atoms with Gasteiger partial charge in [-0.1, -0.05) is 34.1 Å². The molecular formula is C19H13BrF3NO3. The number of alkyl halides is 3. The average molecular weight is 440 g/mol. The van der Waals surface area contributed by atoms with Crippen molar-refractivity contribution >= 4 is 33.3 Å². The van der Waals surface area contributed by atoms with Crippen LogP contribution < -0.4 is 4.90 Å². The minimum absolute atomic E-state index is 0.0643. The Morgan fingerprint density at radius 2 is 1.78 bits per heavy atom. The van der Waals surface area contributed by atoms with E-state index >= 15 is 0 Å². The van der Waals surface area contributed by atoms with Gasteiger partial charge in [-0.15, -0.1) is 0 Å². The summed E-state index contributed by atoms with van der Waals surface area (Å²) in [5.41, 5.74) is -0.665. The highest BCUT2D eigenvalue weighted by Crippen LogP contribution is 2.42. The maximum absolute atomic E-state index is 13.1. The molecule has 0 bridgehead atoms. The van der Waals surface area contributed by atoms with Crippen LogP contribution in [-0.2, 0) is 15.8 Å². The van der Waals surface area contributed by atoms with Gasteiger partial charge < -0.3 is 5.11 Å². The number of aliphatic hydroxyl groups is 1. The smallest absolute Gasteiger partial charge is 0.416 e. The maximum Gasteiger partial charge on any atom is 0.416 e. The molecule has 0 aliphatic carbocycles. The van der Waals surface area contributed by atoms with E-state index in [1.54, 1.807) is 24.3 Å². The van der Waals surface area contributed by atoms with Gasteiger partial charge in [0.25, 0.3) is 5.91 Å². The molecule has 8 heteroatoms. The van der Waals surface area contributed by atoms with E-state index in [0.717, 1.165) is 21.5 Å². The van der Waals surface area contributed by atoms with E-state index < -0.39 is 35.2 Å². The number of benzene rings is 2. The van der Waals surface area contributed by atoms with E-state index in [1.807, 2.05) is 0 Å². The Morgan fingerprint density at radius 3 is 2.33 bits per heavy atom. The van der Waals surface area contributed by atoms with Crippen LogP contribution >= 0.6 is 15.9 Å². The van der Waals surface area contributed by atoms with Gasteiger partial charge in [-0.3, -0.25) is 14.5 Å². The fourth-order valence-corrected chi connectivity index (χ4v) is 3.29. The Hall–Kier alpha value is -2.61. The first-order valence-corrected chi connectivity index (χ1v) is 8.61. The highest BCUT2D eigenvalue weighted by Gasteiger charge is 2.43. The number of halogens is 4. The number of hydrogen-bond donors (Lipinski definition) is 1. The number of aliphatic hydroxyl groups excluding tert-OH is 1. The van der Waals surface area contributed by atoms with E-state index in [2.05, 4.69) is 15.9 Å². The third-order valence-corrected chi connectivity index (χ3v) is 4.75. The second-order valence-electron chi connectivity index (χ2n) is 6.00. The molecular weight excluding hydrogens is 427 g/mol. The predicted molar refractivity (Wildman–Crippen MR) is 96.1 cm³/mol. The molecule has 3 rings (SSSR count). The van der Waals surface area contributed by atoms with Crippen molar-refractivity contribution in [2.75, 3.05) is 4.90 Å². The van der Waals surface area contributed by atoms with E-state index in [-0.39, 0.29) is 11.3 Å². The summed E-state index contributed by atoms with van der Waals surface area (Å²) >= 11 is 3.28. The summed E-state index contributed by atoms with van der Waals surface area (Å²) in [6, 6.07) is 9.80. The first kappa shape index (κ1) is 19.2. The molecule has 27 heavy (non-hydrogen) atoms. The molecule has 140 valence electrons. The molecule has 0 fully saturated rings.